The molecule has 21 heavy (non-hydrogen) atoms. The van der Waals surface area contributed by atoms with Crippen LogP contribution in [-0.2, 0) is 0 Å². The summed E-state index contributed by atoms with van der Waals surface area (Å²) in [7, 11) is 0. The largest absolute Gasteiger partial charge is 0.397 e. The van der Waals surface area contributed by atoms with Crippen molar-refractivity contribution in [3.05, 3.63) is 57.6 Å². The predicted octanol–water partition coefficient (Wildman–Crippen LogP) is 3.34. The fourth-order valence-electron chi connectivity index (χ4n) is 2.50. The van der Waals surface area contributed by atoms with Crippen molar-refractivity contribution >= 4 is 11.4 Å². The summed E-state index contributed by atoms with van der Waals surface area (Å²) in [6, 6.07) is 4.69. The van der Waals surface area contributed by atoms with Gasteiger partial charge < -0.3 is 11.1 Å². The molecule has 0 heterocycles. The van der Waals surface area contributed by atoms with Crippen molar-refractivity contribution < 1.29 is 9.31 Å². The summed E-state index contributed by atoms with van der Waals surface area (Å²) in [4.78, 5) is 10.6. The zero-order chi connectivity index (χ0) is 15.0. The van der Waals surface area contributed by atoms with Gasteiger partial charge >= 0.3 is 0 Å². The molecule has 0 saturated heterocycles. The molecule has 1 fully saturated rings. The van der Waals surface area contributed by atoms with Gasteiger partial charge in [0.2, 0.25) is 0 Å². The molecule has 3 N–H and O–H groups in total. The minimum Gasteiger partial charge on any atom is -0.397 e. The lowest BCUT2D eigenvalue weighted by molar-refractivity contribution is -0.511. The van der Waals surface area contributed by atoms with E-state index in [9.17, 15) is 14.5 Å². The summed E-state index contributed by atoms with van der Waals surface area (Å²) < 4.78 is 13.3. The third-order valence-corrected chi connectivity index (χ3v) is 3.85. The Balaban J connectivity index is 1.84. The Morgan fingerprint density at radius 2 is 2.14 bits per heavy atom. The molecule has 1 atom stereocenters. The quantitative estimate of drug-likeness (QED) is 0.506. The molecule has 6 heteroatoms. The highest BCUT2D eigenvalue weighted by Gasteiger charge is 2.29. The molecule has 1 unspecified atom stereocenters. The number of nitrogens with one attached hydrogen (secondary N) is 1. The second-order valence-corrected chi connectivity index (χ2v) is 5.47. The maximum Gasteiger partial charge on any atom is 0.256 e. The number of nitrogens with two attached hydrogens (primary N) is 1. The van der Waals surface area contributed by atoms with E-state index in [1.807, 2.05) is 12.1 Å². The first-order valence-electron chi connectivity index (χ1n) is 6.92. The van der Waals surface area contributed by atoms with Crippen LogP contribution >= 0.6 is 0 Å². The van der Waals surface area contributed by atoms with Crippen LogP contribution in [0.25, 0.3) is 0 Å². The Kier molecular flexibility index (Phi) is 3.37. The summed E-state index contributed by atoms with van der Waals surface area (Å²) in [5.41, 5.74) is 8.51. The first kappa shape index (κ1) is 13.6. The van der Waals surface area contributed by atoms with E-state index in [2.05, 4.69) is 5.32 Å². The molecular weight excluding hydrogens is 273 g/mol. The fraction of sp³-hybridized carbons (Fsp3) is 0.333. The zero-order valence-corrected chi connectivity index (χ0v) is 11.4. The number of benzene rings is 1. The van der Waals surface area contributed by atoms with Crippen LogP contribution in [0.5, 0.6) is 0 Å². The zero-order valence-electron chi connectivity index (χ0n) is 11.4. The van der Waals surface area contributed by atoms with Crippen molar-refractivity contribution in [3.63, 3.8) is 0 Å². The van der Waals surface area contributed by atoms with Crippen molar-refractivity contribution in [2.75, 3.05) is 11.1 Å². The SMILES string of the molecule is Nc1cc(C2CC2)ccc1NC1=CC(F)=CCC1[N+](=O)[O-]. The number of anilines is 2. The standard InChI is InChI=1S/C15H16FN3O2/c16-11-4-6-15(19(20)21)14(8-11)18-13-5-3-10(7-12(13)17)9-1-2-9/h3-5,7-9,15,18H,1-2,6,17H2. The van der Waals surface area contributed by atoms with E-state index in [0.29, 0.717) is 17.3 Å². The topological polar surface area (TPSA) is 81.2 Å². The number of hydrogen-bond acceptors (Lipinski definition) is 4. The van der Waals surface area contributed by atoms with Gasteiger partial charge in [0.25, 0.3) is 6.04 Å². The number of allylic oxidation sites excluding steroid dienone is 2. The van der Waals surface area contributed by atoms with Gasteiger partial charge in [0.05, 0.1) is 17.1 Å². The minimum absolute atomic E-state index is 0.0394. The summed E-state index contributed by atoms with van der Waals surface area (Å²) in [6.45, 7) is 0. The Bertz CT molecular complexity index is 650. The van der Waals surface area contributed by atoms with Gasteiger partial charge in [-0.15, -0.1) is 0 Å². The monoisotopic (exact) mass is 289 g/mol. The Hall–Kier alpha value is -2.37. The van der Waals surface area contributed by atoms with E-state index in [0.717, 1.165) is 6.08 Å². The van der Waals surface area contributed by atoms with Crippen LogP contribution in [0.2, 0.25) is 0 Å². The highest BCUT2D eigenvalue weighted by atomic mass is 19.1. The number of hydrogen-bond donors (Lipinski definition) is 2. The summed E-state index contributed by atoms with van der Waals surface area (Å²) in [6.07, 6.45) is 4.77. The molecule has 1 aromatic rings. The number of rotatable bonds is 4. The van der Waals surface area contributed by atoms with Gasteiger partial charge in [-0.25, -0.2) is 4.39 Å². The van der Waals surface area contributed by atoms with E-state index >= 15 is 0 Å². The third kappa shape index (κ3) is 2.89. The highest BCUT2D eigenvalue weighted by molar-refractivity contribution is 5.70. The van der Waals surface area contributed by atoms with Crippen LogP contribution in [0, 0.1) is 10.1 Å². The van der Waals surface area contributed by atoms with Crippen LogP contribution in [0.4, 0.5) is 15.8 Å². The van der Waals surface area contributed by atoms with Crippen LogP contribution in [0.3, 0.4) is 0 Å². The van der Waals surface area contributed by atoms with Gasteiger partial charge in [-0.1, -0.05) is 6.07 Å². The molecule has 5 nitrogen and oxygen atoms in total. The summed E-state index contributed by atoms with van der Waals surface area (Å²) in [5.74, 6) is 0.117. The molecule has 0 spiro atoms. The van der Waals surface area contributed by atoms with E-state index in [-0.39, 0.29) is 12.1 Å². The van der Waals surface area contributed by atoms with Gasteiger partial charge in [0, 0.05) is 11.3 Å². The average molecular weight is 289 g/mol. The summed E-state index contributed by atoms with van der Waals surface area (Å²) in [5, 5.41) is 14.0. The second-order valence-electron chi connectivity index (χ2n) is 5.47. The van der Waals surface area contributed by atoms with E-state index in [4.69, 9.17) is 5.73 Å². The Morgan fingerprint density at radius 1 is 1.38 bits per heavy atom. The smallest absolute Gasteiger partial charge is 0.256 e. The molecule has 0 amide bonds. The lowest BCUT2D eigenvalue weighted by Crippen LogP contribution is -2.27. The van der Waals surface area contributed by atoms with Crippen molar-refractivity contribution in [2.45, 2.75) is 31.2 Å². The lowest BCUT2D eigenvalue weighted by Gasteiger charge is -2.18. The van der Waals surface area contributed by atoms with Crippen molar-refractivity contribution in [1.29, 1.82) is 0 Å². The molecule has 3 rings (SSSR count). The molecule has 1 saturated carbocycles. The second kappa shape index (κ2) is 5.20. The van der Waals surface area contributed by atoms with Crippen LogP contribution < -0.4 is 11.1 Å². The lowest BCUT2D eigenvalue weighted by atomic mass is 10.0. The van der Waals surface area contributed by atoms with Crippen LogP contribution in [0.15, 0.2) is 41.9 Å². The maximum atomic E-state index is 13.3. The maximum absolute atomic E-state index is 13.3. The molecule has 0 radical (unpaired) electrons. The molecule has 1 aromatic carbocycles. The first-order chi connectivity index (χ1) is 10.0. The predicted molar refractivity (Wildman–Crippen MR) is 79.1 cm³/mol. The fourth-order valence-corrected chi connectivity index (χ4v) is 2.50. The third-order valence-electron chi connectivity index (χ3n) is 3.85. The minimum atomic E-state index is -0.966. The number of nitrogens with zero attached hydrogens (tertiary/aromatic N) is 1. The normalized spacial score (nSPS) is 21.5. The Morgan fingerprint density at radius 3 is 2.76 bits per heavy atom. The molecular formula is C15H16FN3O2. The van der Waals surface area contributed by atoms with Gasteiger partial charge in [-0.3, -0.25) is 10.1 Å². The van der Waals surface area contributed by atoms with E-state index < -0.39 is 16.8 Å². The molecule has 2 aliphatic carbocycles. The van der Waals surface area contributed by atoms with Gasteiger partial charge in [0.15, 0.2) is 0 Å². The van der Waals surface area contributed by atoms with Gasteiger partial charge in [-0.05, 0) is 48.6 Å². The molecule has 2 aliphatic rings. The number of nitro groups is 1. The van der Waals surface area contributed by atoms with E-state index in [1.165, 1.54) is 24.5 Å². The highest BCUT2D eigenvalue weighted by Crippen LogP contribution is 2.41. The van der Waals surface area contributed by atoms with Gasteiger partial charge in [0.1, 0.15) is 5.83 Å². The number of nitrogen functional groups attached to an aromatic ring is 1. The van der Waals surface area contributed by atoms with Crippen molar-refractivity contribution in [3.8, 4) is 0 Å². The molecule has 0 aromatic heterocycles. The van der Waals surface area contributed by atoms with Crippen LogP contribution in [0.1, 0.15) is 30.7 Å². The summed E-state index contributed by atoms with van der Waals surface area (Å²) >= 11 is 0. The Labute approximate surface area is 121 Å². The van der Waals surface area contributed by atoms with Crippen molar-refractivity contribution in [2.24, 2.45) is 0 Å². The van der Waals surface area contributed by atoms with Gasteiger partial charge in [-0.2, -0.15) is 0 Å². The molecule has 0 bridgehead atoms. The first-order valence-corrected chi connectivity index (χ1v) is 6.92. The average Bonchev–Trinajstić information content (AvgIpc) is 3.25. The van der Waals surface area contributed by atoms with Crippen LogP contribution in [-0.4, -0.2) is 11.0 Å². The number of halogens is 1. The van der Waals surface area contributed by atoms with E-state index in [1.54, 1.807) is 6.07 Å². The molecule has 110 valence electrons. The molecule has 0 aliphatic heterocycles. The van der Waals surface area contributed by atoms with Crippen molar-refractivity contribution in [1.82, 2.24) is 0 Å².